The van der Waals surface area contributed by atoms with E-state index in [1.807, 2.05) is 54.6 Å². The van der Waals surface area contributed by atoms with Crippen molar-refractivity contribution < 1.29 is 4.79 Å². The summed E-state index contributed by atoms with van der Waals surface area (Å²) in [6, 6.07) is 20.5. The van der Waals surface area contributed by atoms with Gasteiger partial charge >= 0.3 is 0 Å². The molecule has 0 radical (unpaired) electrons. The lowest BCUT2D eigenvalue weighted by Gasteiger charge is -1.81. The lowest BCUT2D eigenvalue weighted by Crippen LogP contribution is -1.73. The zero-order valence-electron chi connectivity index (χ0n) is 11.0. The van der Waals surface area contributed by atoms with Crippen LogP contribution in [-0.2, 0) is 0 Å². The summed E-state index contributed by atoms with van der Waals surface area (Å²) in [6.07, 6.45) is 7.83. The third-order valence-electron chi connectivity index (χ3n) is 2.07. The highest BCUT2D eigenvalue weighted by atomic mass is 16.1. The van der Waals surface area contributed by atoms with Gasteiger partial charge < -0.3 is 0 Å². The minimum Gasteiger partial charge on any atom is -0.298 e. The number of nitrogens with zero attached hydrogens (tertiary/aromatic N) is 2. The number of hydrogen-bond donors (Lipinski definition) is 0. The SMILES string of the molecule is O=Cc1ccccc1.c1ccncc1.c1ccncc1. The first-order valence-electron chi connectivity index (χ1n) is 6.13. The van der Waals surface area contributed by atoms with Crippen molar-refractivity contribution in [2.24, 2.45) is 0 Å². The average Bonchev–Trinajstić information content (AvgIpc) is 2.60. The molecule has 3 aromatic rings. The summed E-state index contributed by atoms with van der Waals surface area (Å²) in [5.74, 6) is 0. The lowest BCUT2D eigenvalue weighted by molar-refractivity contribution is 0.112. The normalized spacial score (nSPS) is 8.20. The van der Waals surface area contributed by atoms with E-state index < -0.39 is 0 Å². The van der Waals surface area contributed by atoms with Gasteiger partial charge in [0.2, 0.25) is 0 Å². The maximum atomic E-state index is 10.0. The van der Waals surface area contributed by atoms with Crippen molar-refractivity contribution in [3.8, 4) is 0 Å². The Morgan fingerprint density at radius 3 is 1.20 bits per heavy atom. The molecule has 0 bridgehead atoms. The minimum atomic E-state index is 0.729. The molecule has 100 valence electrons. The molecule has 20 heavy (non-hydrogen) atoms. The monoisotopic (exact) mass is 264 g/mol. The minimum absolute atomic E-state index is 0.729. The number of carbonyl (C=O) groups excluding carboxylic acids is 1. The lowest BCUT2D eigenvalue weighted by atomic mass is 10.2. The molecule has 0 aliphatic heterocycles. The molecule has 3 heteroatoms. The molecule has 0 unspecified atom stereocenters. The van der Waals surface area contributed by atoms with Gasteiger partial charge in [0.15, 0.2) is 0 Å². The molecule has 0 N–H and O–H groups in total. The molecule has 2 heterocycles. The van der Waals surface area contributed by atoms with Crippen molar-refractivity contribution in [3.63, 3.8) is 0 Å². The van der Waals surface area contributed by atoms with E-state index in [1.165, 1.54) is 0 Å². The highest BCUT2D eigenvalue weighted by Gasteiger charge is 1.80. The second-order valence-corrected chi connectivity index (χ2v) is 3.58. The van der Waals surface area contributed by atoms with E-state index >= 15 is 0 Å². The Bertz CT molecular complexity index is 457. The van der Waals surface area contributed by atoms with Crippen molar-refractivity contribution in [3.05, 3.63) is 97.1 Å². The molecule has 3 nitrogen and oxygen atoms in total. The third-order valence-corrected chi connectivity index (χ3v) is 2.07. The zero-order chi connectivity index (χ0) is 14.3. The van der Waals surface area contributed by atoms with Crippen LogP contribution in [0.15, 0.2) is 91.5 Å². The van der Waals surface area contributed by atoms with E-state index in [2.05, 4.69) is 9.97 Å². The smallest absolute Gasteiger partial charge is 0.150 e. The first kappa shape index (κ1) is 15.2. The van der Waals surface area contributed by atoms with Crippen LogP contribution in [0.1, 0.15) is 10.4 Å². The maximum Gasteiger partial charge on any atom is 0.150 e. The van der Waals surface area contributed by atoms with E-state index in [0.717, 1.165) is 11.8 Å². The van der Waals surface area contributed by atoms with Crippen LogP contribution in [0.4, 0.5) is 0 Å². The summed E-state index contributed by atoms with van der Waals surface area (Å²) >= 11 is 0. The summed E-state index contributed by atoms with van der Waals surface area (Å²) < 4.78 is 0. The summed E-state index contributed by atoms with van der Waals surface area (Å²) in [5.41, 5.74) is 0.729. The van der Waals surface area contributed by atoms with Gasteiger partial charge in [0.1, 0.15) is 6.29 Å². The predicted octanol–water partition coefficient (Wildman–Crippen LogP) is 3.66. The van der Waals surface area contributed by atoms with Crippen LogP contribution in [0.25, 0.3) is 0 Å². The topological polar surface area (TPSA) is 42.9 Å². The van der Waals surface area contributed by atoms with E-state index in [0.29, 0.717) is 0 Å². The van der Waals surface area contributed by atoms with Gasteiger partial charge in [0.05, 0.1) is 0 Å². The largest absolute Gasteiger partial charge is 0.298 e. The highest BCUT2D eigenvalue weighted by Crippen LogP contribution is 1.91. The first-order chi connectivity index (χ1) is 9.93. The summed E-state index contributed by atoms with van der Waals surface area (Å²) in [7, 11) is 0. The Balaban J connectivity index is 0.000000152. The zero-order valence-corrected chi connectivity index (χ0v) is 11.0. The van der Waals surface area contributed by atoms with Gasteiger partial charge in [-0.15, -0.1) is 0 Å². The van der Waals surface area contributed by atoms with Gasteiger partial charge in [-0.2, -0.15) is 0 Å². The van der Waals surface area contributed by atoms with Gasteiger partial charge in [0.25, 0.3) is 0 Å². The van der Waals surface area contributed by atoms with Gasteiger partial charge in [-0.1, -0.05) is 42.5 Å². The van der Waals surface area contributed by atoms with Crippen molar-refractivity contribution in [1.82, 2.24) is 9.97 Å². The van der Waals surface area contributed by atoms with Gasteiger partial charge in [0, 0.05) is 30.4 Å². The molecule has 0 aliphatic rings. The Labute approximate surface area is 119 Å². The first-order valence-corrected chi connectivity index (χ1v) is 6.13. The second kappa shape index (κ2) is 11.3. The van der Waals surface area contributed by atoms with Gasteiger partial charge in [-0.05, 0) is 24.3 Å². The fourth-order valence-electron chi connectivity index (χ4n) is 1.16. The number of aldehydes is 1. The number of aromatic nitrogens is 2. The molecule has 2 aromatic heterocycles. The van der Waals surface area contributed by atoms with E-state index in [-0.39, 0.29) is 0 Å². The van der Waals surface area contributed by atoms with Crippen LogP contribution in [-0.4, -0.2) is 16.3 Å². The number of carbonyl (C=O) groups is 1. The Morgan fingerprint density at radius 1 is 0.600 bits per heavy atom. The summed E-state index contributed by atoms with van der Waals surface area (Å²) in [5, 5.41) is 0. The van der Waals surface area contributed by atoms with Crippen LogP contribution in [0.5, 0.6) is 0 Å². The van der Waals surface area contributed by atoms with Crippen LogP contribution in [0.2, 0.25) is 0 Å². The quantitative estimate of drug-likeness (QED) is 0.630. The fraction of sp³-hybridized carbons (Fsp3) is 0. The number of hydrogen-bond acceptors (Lipinski definition) is 3. The third kappa shape index (κ3) is 8.31. The Hall–Kier alpha value is -2.81. The molecular weight excluding hydrogens is 248 g/mol. The molecule has 0 saturated heterocycles. The van der Waals surface area contributed by atoms with Crippen molar-refractivity contribution >= 4 is 6.29 Å². The van der Waals surface area contributed by atoms with E-state index in [9.17, 15) is 4.79 Å². The molecule has 0 atom stereocenters. The van der Waals surface area contributed by atoms with Crippen LogP contribution >= 0.6 is 0 Å². The van der Waals surface area contributed by atoms with Crippen LogP contribution in [0, 0.1) is 0 Å². The number of rotatable bonds is 1. The standard InChI is InChI=1S/C7H6O.2C5H5N/c8-6-7-4-2-1-3-5-7;2*1-2-4-6-5-3-1/h1-6H;2*1-5H. The Morgan fingerprint density at radius 2 is 1.00 bits per heavy atom. The maximum absolute atomic E-state index is 10.0. The fourth-order valence-corrected chi connectivity index (χ4v) is 1.16. The van der Waals surface area contributed by atoms with Gasteiger partial charge in [-0.25, -0.2) is 0 Å². The summed E-state index contributed by atoms with van der Waals surface area (Å²) in [4.78, 5) is 17.6. The number of pyridine rings is 2. The summed E-state index contributed by atoms with van der Waals surface area (Å²) in [6.45, 7) is 0. The molecule has 0 aliphatic carbocycles. The predicted molar refractivity (Wildman–Crippen MR) is 80.3 cm³/mol. The van der Waals surface area contributed by atoms with Crippen LogP contribution < -0.4 is 0 Å². The van der Waals surface area contributed by atoms with E-state index in [1.54, 1.807) is 36.9 Å². The molecule has 0 amide bonds. The molecule has 0 spiro atoms. The van der Waals surface area contributed by atoms with E-state index in [4.69, 9.17) is 0 Å². The molecular formula is C17H16N2O. The second-order valence-electron chi connectivity index (χ2n) is 3.58. The van der Waals surface area contributed by atoms with Crippen LogP contribution in [0.3, 0.4) is 0 Å². The molecule has 3 rings (SSSR count). The number of benzene rings is 1. The van der Waals surface area contributed by atoms with Crippen molar-refractivity contribution in [2.45, 2.75) is 0 Å². The molecule has 1 aromatic carbocycles. The highest BCUT2D eigenvalue weighted by molar-refractivity contribution is 5.74. The molecule has 0 fully saturated rings. The van der Waals surface area contributed by atoms with Crippen molar-refractivity contribution in [1.29, 1.82) is 0 Å². The van der Waals surface area contributed by atoms with Gasteiger partial charge in [-0.3, -0.25) is 14.8 Å². The Kier molecular flexibility index (Phi) is 8.61. The van der Waals surface area contributed by atoms with Crippen molar-refractivity contribution in [2.75, 3.05) is 0 Å². The average molecular weight is 264 g/mol. The molecule has 0 saturated carbocycles.